The summed E-state index contributed by atoms with van der Waals surface area (Å²) in [6.07, 6.45) is 1.55. The minimum atomic E-state index is -0.290. The van der Waals surface area contributed by atoms with Crippen LogP contribution in [0.5, 0.6) is 0 Å². The van der Waals surface area contributed by atoms with E-state index in [0.717, 1.165) is 0 Å². The quantitative estimate of drug-likeness (QED) is 0.434. The van der Waals surface area contributed by atoms with Crippen LogP contribution in [0.2, 0.25) is 0 Å². The first-order valence-electron chi connectivity index (χ1n) is 7.35. The van der Waals surface area contributed by atoms with Gasteiger partial charge in [-0.25, -0.2) is 0 Å². The SMILES string of the molecule is CN=C(NCC(=O)NCc1ccco1)NCC(=O)NC(C)(C)C. The fourth-order valence-corrected chi connectivity index (χ4v) is 1.67. The zero-order chi connectivity index (χ0) is 17.3. The summed E-state index contributed by atoms with van der Waals surface area (Å²) in [5, 5.41) is 11.2. The lowest BCUT2D eigenvalue weighted by molar-refractivity contribution is -0.121. The summed E-state index contributed by atoms with van der Waals surface area (Å²) in [4.78, 5) is 27.4. The van der Waals surface area contributed by atoms with E-state index in [1.807, 2.05) is 20.8 Å². The lowest BCUT2D eigenvalue weighted by atomic mass is 10.1. The summed E-state index contributed by atoms with van der Waals surface area (Å²) in [7, 11) is 1.57. The van der Waals surface area contributed by atoms with E-state index in [-0.39, 0.29) is 30.4 Å². The van der Waals surface area contributed by atoms with Crippen molar-refractivity contribution < 1.29 is 14.0 Å². The zero-order valence-electron chi connectivity index (χ0n) is 14.0. The molecule has 1 aromatic heterocycles. The first kappa shape index (κ1) is 18.5. The molecule has 8 heteroatoms. The third-order valence-corrected chi connectivity index (χ3v) is 2.61. The van der Waals surface area contributed by atoms with Crippen LogP contribution < -0.4 is 21.3 Å². The molecule has 0 fully saturated rings. The molecule has 0 spiro atoms. The third kappa shape index (κ3) is 8.50. The lowest BCUT2D eigenvalue weighted by Gasteiger charge is -2.21. The van der Waals surface area contributed by atoms with Gasteiger partial charge in [0, 0.05) is 12.6 Å². The van der Waals surface area contributed by atoms with Gasteiger partial charge in [0.2, 0.25) is 11.8 Å². The van der Waals surface area contributed by atoms with E-state index in [0.29, 0.717) is 18.3 Å². The minimum absolute atomic E-state index is 0.0429. The monoisotopic (exact) mass is 323 g/mol. The molecule has 1 heterocycles. The van der Waals surface area contributed by atoms with E-state index < -0.39 is 0 Å². The summed E-state index contributed by atoms with van der Waals surface area (Å²) in [6.45, 7) is 6.16. The first-order valence-corrected chi connectivity index (χ1v) is 7.35. The second kappa shape index (κ2) is 8.82. The van der Waals surface area contributed by atoms with Gasteiger partial charge in [0.1, 0.15) is 5.76 Å². The van der Waals surface area contributed by atoms with Crippen molar-refractivity contribution in [2.24, 2.45) is 4.99 Å². The van der Waals surface area contributed by atoms with E-state index in [4.69, 9.17) is 4.42 Å². The number of hydrogen-bond donors (Lipinski definition) is 4. The lowest BCUT2D eigenvalue weighted by Crippen LogP contribution is -2.49. The molecule has 0 saturated carbocycles. The number of nitrogens with zero attached hydrogens (tertiary/aromatic N) is 1. The predicted molar refractivity (Wildman–Crippen MR) is 87.8 cm³/mol. The molecule has 1 aromatic rings. The predicted octanol–water partition coefficient (Wildman–Crippen LogP) is -0.0245. The van der Waals surface area contributed by atoms with E-state index >= 15 is 0 Å². The van der Waals surface area contributed by atoms with Gasteiger partial charge >= 0.3 is 0 Å². The molecule has 0 unspecified atom stereocenters. The maximum Gasteiger partial charge on any atom is 0.239 e. The van der Waals surface area contributed by atoms with Crippen LogP contribution in [0, 0.1) is 0 Å². The highest BCUT2D eigenvalue weighted by atomic mass is 16.3. The van der Waals surface area contributed by atoms with Gasteiger partial charge < -0.3 is 25.7 Å². The number of carbonyl (C=O) groups excluding carboxylic acids is 2. The van der Waals surface area contributed by atoms with Crippen molar-refractivity contribution in [3.8, 4) is 0 Å². The van der Waals surface area contributed by atoms with Crippen molar-refractivity contribution in [3.05, 3.63) is 24.2 Å². The fraction of sp³-hybridized carbons (Fsp3) is 0.533. The van der Waals surface area contributed by atoms with Crippen molar-refractivity contribution in [2.75, 3.05) is 20.1 Å². The van der Waals surface area contributed by atoms with Crippen LogP contribution in [0.1, 0.15) is 26.5 Å². The topological polar surface area (TPSA) is 108 Å². The van der Waals surface area contributed by atoms with Crippen LogP contribution in [0.4, 0.5) is 0 Å². The van der Waals surface area contributed by atoms with Gasteiger partial charge in [-0.05, 0) is 32.9 Å². The molecule has 8 nitrogen and oxygen atoms in total. The number of amides is 2. The highest BCUT2D eigenvalue weighted by Gasteiger charge is 2.13. The van der Waals surface area contributed by atoms with Crippen LogP contribution in [0.15, 0.2) is 27.8 Å². The maximum atomic E-state index is 11.7. The van der Waals surface area contributed by atoms with Crippen LogP contribution in [-0.2, 0) is 16.1 Å². The Morgan fingerprint density at radius 1 is 1.13 bits per heavy atom. The Kier molecular flexibility index (Phi) is 7.11. The Balaban J connectivity index is 2.25. The number of aliphatic imine (C=N–C) groups is 1. The van der Waals surface area contributed by atoms with Crippen LogP contribution >= 0.6 is 0 Å². The Bertz CT molecular complexity index is 532. The van der Waals surface area contributed by atoms with Gasteiger partial charge in [-0.3, -0.25) is 14.6 Å². The molecule has 0 bridgehead atoms. The standard InChI is InChI=1S/C15H25N5O3/c1-15(2,3)20-13(22)10-19-14(16-4)18-9-12(21)17-8-11-6-5-7-23-11/h5-7H,8-10H2,1-4H3,(H,17,21)(H,20,22)(H2,16,18,19). The molecule has 0 radical (unpaired) electrons. The average Bonchev–Trinajstić information content (AvgIpc) is 2.96. The van der Waals surface area contributed by atoms with Crippen LogP contribution in [-0.4, -0.2) is 43.5 Å². The van der Waals surface area contributed by atoms with Gasteiger partial charge in [-0.2, -0.15) is 0 Å². The Morgan fingerprint density at radius 3 is 2.30 bits per heavy atom. The summed E-state index contributed by atoms with van der Waals surface area (Å²) >= 11 is 0. The van der Waals surface area contributed by atoms with Crippen LogP contribution in [0.25, 0.3) is 0 Å². The summed E-state index contributed by atoms with van der Waals surface area (Å²) in [5.41, 5.74) is -0.290. The molecular formula is C15H25N5O3. The molecule has 0 aromatic carbocycles. The normalized spacial score (nSPS) is 11.7. The molecule has 128 valence electrons. The van der Waals surface area contributed by atoms with Crippen molar-refractivity contribution >= 4 is 17.8 Å². The van der Waals surface area contributed by atoms with Gasteiger partial charge in [-0.15, -0.1) is 0 Å². The average molecular weight is 323 g/mol. The second-order valence-corrected chi connectivity index (χ2v) is 5.93. The molecule has 4 N–H and O–H groups in total. The Hall–Kier alpha value is -2.51. The van der Waals surface area contributed by atoms with Crippen molar-refractivity contribution in [3.63, 3.8) is 0 Å². The number of hydrogen-bond acceptors (Lipinski definition) is 4. The molecule has 0 aliphatic rings. The van der Waals surface area contributed by atoms with E-state index in [1.165, 1.54) is 0 Å². The van der Waals surface area contributed by atoms with E-state index in [1.54, 1.807) is 25.4 Å². The minimum Gasteiger partial charge on any atom is -0.467 e. The Morgan fingerprint density at radius 2 is 1.78 bits per heavy atom. The van der Waals surface area contributed by atoms with Crippen molar-refractivity contribution in [1.29, 1.82) is 0 Å². The molecular weight excluding hydrogens is 298 g/mol. The summed E-state index contributed by atoms with van der Waals surface area (Å²) in [6, 6.07) is 3.54. The van der Waals surface area contributed by atoms with Gasteiger partial charge in [0.25, 0.3) is 0 Å². The smallest absolute Gasteiger partial charge is 0.239 e. The molecule has 2 amide bonds. The highest BCUT2D eigenvalue weighted by Crippen LogP contribution is 1.98. The zero-order valence-corrected chi connectivity index (χ0v) is 14.0. The number of nitrogens with one attached hydrogen (secondary N) is 4. The maximum absolute atomic E-state index is 11.7. The molecule has 0 aliphatic heterocycles. The largest absolute Gasteiger partial charge is 0.467 e. The summed E-state index contributed by atoms with van der Waals surface area (Å²) < 4.78 is 5.12. The molecule has 0 atom stereocenters. The third-order valence-electron chi connectivity index (χ3n) is 2.61. The Labute approximate surface area is 136 Å². The summed E-state index contributed by atoms with van der Waals surface area (Å²) in [5.74, 6) is 0.702. The van der Waals surface area contributed by atoms with Crippen molar-refractivity contribution in [2.45, 2.75) is 32.9 Å². The van der Waals surface area contributed by atoms with E-state index in [9.17, 15) is 9.59 Å². The number of carbonyl (C=O) groups is 2. The molecule has 23 heavy (non-hydrogen) atoms. The molecule has 1 rings (SSSR count). The highest BCUT2D eigenvalue weighted by molar-refractivity contribution is 5.89. The molecule has 0 aliphatic carbocycles. The molecule has 0 saturated heterocycles. The second-order valence-electron chi connectivity index (χ2n) is 5.93. The fourth-order valence-electron chi connectivity index (χ4n) is 1.67. The number of furan rings is 1. The van der Waals surface area contributed by atoms with E-state index in [2.05, 4.69) is 26.3 Å². The van der Waals surface area contributed by atoms with Gasteiger partial charge in [0.15, 0.2) is 5.96 Å². The number of guanidine groups is 1. The first-order chi connectivity index (χ1) is 10.8. The van der Waals surface area contributed by atoms with Crippen molar-refractivity contribution in [1.82, 2.24) is 21.3 Å². The number of rotatable bonds is 6. The van der Waals surface area contributed by atoms with Crippen LogP contribution in [0.3, 0.4) is 0 Å². The van der Waals surface area contributed by atoms with Gasteiger partial charge in [-0.1, -0.05) is 0 Å². The van der Waals surface area contributed by atoms with Gasteiger partial charge in [0.05, 0.1) is 25.9 Å².